The molecule has 0 aliphatic heterocycles. The first-order valence-electron chi connectivity index (χ1n) is 6.50. The lowest BCUT2D eigenvalue weighted by Gasteiger charge is -2.10. The molecule has 1 aromatic rings. The van der Waals surface area contributed by atoms with Crippen LogP contribution < -0.4 is 10.6 Å². The van der Waals surface area contributed by atoms with Crippen molar-refractivity contribution >= 4 is 69.0 Å². The molecule has 2 N–H and O–H groups in total. The van der Waals surface area contributed by atoms with E-state index in [1.165, 1.54) is 23.5 Å². The van der Waals surface area contributed by atoms with Crippen LogP contribution in [0.15, 0.2) is 20.9 Å². The molecule has 0 aromatic carbocycles. The predicted molar refractivity (Wildman–Crippen MR) is 108 cm³/mol. The van der Waals surface area contributed by atoms with Crippen LogP contribution in [0.3, 0.4) is 0 Å². The second-order valence-corrected chi connectivity index (χ2v) is 6.95. The van der Waals surface area contributed by atoms with Crippen LogP contribution in [-0.2, 0) is 6.54 Å². The van der Waals surface area contributed by atoms with Crippen molar-refractivity contribution in [1.29, 1.82) is 0 Å². The molecule has 0 unspecified atom stereocenters. The Morgan fingerprint density at radius 3 is 2.80 bits per heavy atom. The zero-order valence-electron chi connectivity index (χ0n) is 11.9. The number of rotatable bonds is 8. The van der Waals surface area contributed by atoms with Gasteiger partial charge in [-0.25, -0.2) is 4.99 Å². The second-order valence-electron chi connectivity index (χ2n) is 4.05. The van der Waals surface area contributed by atoms with E-state index in [4.69, 9.17) is 0 Å². The number of nitrogens with one attached hydrogen (secondary N) is 2. The van der Waals surface area contributed by atoms with Gasteiger partial charge >= 0.3 is 0 Å². The van der Waals surface area contributed by atoms with Gasteiger partial charge in [0.2, 0.25) is 0 Å². The van der Waals surface area contributed by atoms with E-state index in [0.717, 1.165) is 30.1 Å². The Bertz CT molecular complexity index is 385. The van der Waals surface area contributed by atoms with E-state index in [2.05, 4.69) is 56.2 Å². The van der Waals surface area contributed by atoms with Crippen molar-refractivity contribution < 1.29 is 0 Å². The molecular weight excluding hydrogens is 469 g/mol. The third kappa shape index (κ3) is 9.46. The molecule has 20 heavy (non-hydrogen) atoms. The summed E-state index contributed by atoms with van der Waals surface area (Å²) < 4.78 is 1.14. The second kappa shape index (κ2) is 13.2. The fourth-order valence-corrected chi connectivity index (χ4v) is 3.38. The molecule has 0 saturated heterocycles. The first-order chi connectivity index (χ1) is 9.26. The summed E-state index contributed by atoms with van der Waals surface area (Å²) in [7, 11) is 0. The number of guanidine groups is 1. The number of unbranched alkanes of at least 4 members (excludes halogenated alkanes) is 1. The first kappa shape index (κ1) is 20.5. The Kier molecular flexibility index (Phi) is 13.6. The maximum atomic E-state index is 4.59. The number of thiophene rings is 1. The van der Waals surface area contributed by atoms with E-state index in [1.807, 2.05) is 11.8 Å². The molecule has 0 aliphatic carbocycles. The molecule has 1 rings (SSSR count). The van der Waals surface area contributed by atoms with Crippen LogP contribution in [-0.4, -0.2) is 31.1 Å². The number of hydrogen-bond donors (Lipinski definition) is 2. The lowest BCUT2D eigenvalue weighted by molar-refractivity contribution is 0.735. The highest BCUT2D eigenvalue weighted by molar-refractivity contribution is 14.0. The van der Waals surface area contributed by atoms with Crippen LogP contribution in [0, 0.1) is 0 Å². The van der Waals surface area contributed by atoms with E-state index in [-0.39, 0.29) is 24.0 Å². The highest BCUT2D eigenvalue weighted by Gasteiger charge is 1.99. The van der Waals surface area contributed by atoms with E-state index in [9.17, 15) is 0 Å². The SMILES string of the molecule is CCNC(=NCc1cc(Br)cs1)NCCCCSC.I. The summed E-state index contributed by atoms with van der Waals surface area (Å²) in [4.78, 5) is 5.86. The molecule has 0 spiro atoms. The normalized spacial score (nSPS) is 11.1. The molecule has 1 aromatic heterocycles. The predicted octanol–water partition coefficient (Wildman–Crippen LogP) is 4.33. The van der Waals surface area contributed by atoms with Gasteiger partial charge in [0.05, 0.1) is 6.54 Å². The van der Waals surface area contributed by atoms with E-state index >= 15 is 0 Å². The minimum Gasteiger partial charge on any atom is -0.357 e. The van der Waals surface area contributed by atoms with Gasteiger partial charge in [-0.1, -0.05) is 0 Å². The number of aliphatic imine (C=N–C) groups is 1. The van der Waals surface area contributed by atoms with Gasteiger partial charge in [0.15, 0.2) is 5.96 Å². The average Bonchev–Trinajstić information content (AvgIpc) is 2.81. The summed E-state index contributed by atoms with van der Waals surface area (Å²) in [6.45, 7) is 4.70. The van der Waals surface area contributed by atoms with Gasteiger partial charge in [-0.2, -0.15) is 11.8 Å². The Hall–Kier alpha value is 0.530. The highest BCUT2D eigenvalue weighted by atomic mass is 127. The smallest absolute Gasteiger partial charge is 0.191 e. The van der Waals surface area contributed by atoms with Gasteiger partial charge in [0.25, 0.3) is 0 Å². The van der Waals surface area contributed by atoms with Gasteiger partial charge in [-0.3, -0.25) is 0 Å². The maximum absolute atomic E-state index is 4.59. The minimum absolute atomic E-state index is 0. The summed E-state index contributed by atoms with van der Waals surface area (Å²) >= 11 is 7.10. The Morgan fingerprint density at radius 1 is 1.40 bits per heavy atom. The largest absolute Gasteiger partial charge is 0.357 e. The zero-order valence-corrected chi connectivity index (χ0v) is 17.5. The van der Waals surface area contributed by atoms with Crippen LogP contribution in [0.2, 0.25) is 0 Å². The Morgan fingerprint density at radius 2 is 2.20 bits per heavy atom. The third-order valence-electron chi connectivity index (χ3n) is 2.43. The van der Waals surface area contributed by atoms with E-state index in [0.29, 0.717) is 0 Å². The molecule has 116 valence electrons. The van der Waals surface area contributed by atoms with Gasteiger partial charge < -0.3 is 10.6 Å². The van der Waals surface area contributed by atoms with Crippen LogP contribution >= 0.6 is 63.0 Å². The van der Waals surface area contributed by atoms with Crippen LogP contribution in [0.5, 0.6) is 0 Å². The van der Waals surface area contributed by atoms with Crippen LogP contribution in [0.1, 0.15) is 24.6 Å². The molecule has 3 nitrogen and oxygen atoms in total. The Balaban J connectivity index is 0.00000361. The molecule has 0 fully saturated rings. The van der Waals surface area contributed by atoms with Crippen molar-refractivity contribution in [2.45, 2.75) is 26.3 Å². The van der Waals surface area contributed by atoms with Gasteiger partial charge in [-0.05, 0) is 53.8 Å². The van der Waals surface area contributed by atoms with Gasteiger partial charge in [0, 0.05) is 27.8 Å². The molecule has 0 aliphatic rings. The zero-order chi connectivity index (χ0) is 13.9. The molecule has 1 heterocycles. The first-order valence-corrected chi connectivity index (χ1v) is 9.57. The van der Waals surface area contributed by atoms with Crippen molar-refractivity contribution in [2.75, 3.05) is 25.1 Å². The van der Waals surface area contributed by atoms with Crippen LogP contribution in [0.4, 0.5) is 0 Å². The summed E-state index contributed by atoms with van der Waals surface area (Å²) in [5, 5.41) is 8.75. The summed E-state index contributed by atoms with van der Waals surface area (Å²) in [6.07, 6.45) is 4.60. The molecule has 0 saturated carbocycles. The fraction of sp³-hybridized carbons (Fsp3) is 0.615. The van der Waals surface area contributed by atoms with Gasteiger partial charge in [0.1, 0.15) is 0 Å². The molecule has 0 radical (unpaired) electrons. The van der Waals surface area contributed by atoms with Crippen LogP contribution in [0.25, 0.3) is 0 Å². The molecule has 0 atom stereocenters. The van der Waals surface area contributed by atoms with Crippen molar-refractivity contribution in [3.8, 4) is 0 Å². The van der Waals surface area contributed by atoms with Crippen molar-refractivity contribution in [3.05, 3.63) is 20.8 Å². The number of nitrogens with zero attached hydrogens (tertiary/aromatic N) is 1. The molecular formula is C13H23BrIN3S2. The maximum Gasteiger partial charge on any atom is 0.191 e. The van der Waals surface area contributed by atoms with Crippen molar-refractivity contribution in [2.24, 2.45) is 4.99 Å². The minimum atomic E-state index is 0. The number of hydrogen-bond acceptors (Lipinski definition) is 3. The summed E-state index contributed by atoms with van der Waals surface area (Å²) in [5.74, 6) is 2.15. The number of halogens is 2. The Labute approximate surface area is 155 Å². The van der Waals surface area contributed by atoms with Gasteiger partial charge in [-0.15, -0.1) is 35.3 Å². The molecule has 7 heteroatoms. The van der Waals surface area contributed by atoms with Crippen molar-refractivity contribution in [3.63, 3.8) is 0 Å². The quantitative estimate of drug-likeness (QED) is 0.246. The number of thioether (sulfide) groups is 1. The standard InChI is InChI=1S/C13H22BrN3S2.HI/c1-3-15-13(16-6-4-5-7-18-2)17-9-12-8-11(14)10-19-12;/h8,10H,3-7,9H2,1-2H3,(H2,15,16,17);1H. The topological polar surface area (TPSA) is 36.4 Å². The molecule has 0 bridgehead atoms. The van der Waals surface area contributed by atoms with Crippen molar-refractivity contribution in [1.82, 2.24) is 10.6 Å². The summed E-state index contributed by atoms with van der Waals surface area (Å²) in [6, 6.07) is 2.12. The third-order valence-corrected chi connectivity index (χ3v) is 4.81. The highest BCUT2D eigenvalue weighted by Crippen LogP contribution is 2.20. The molecule has 0 amide bonds. The fourth-order valence-electron chi connectivity index (χ4n) is 1.51. The van der Waals surface area contributed by atoms with E-state index < -0.39 is 0 Å². The summed E-state index contributed by atoms with van der Waals surface area (Å²) in [5.41, 5.74) is 0. The van der Waals surface area contributed by atoms with E-state index in [1.54, 1.807) is 11.3 Å². The monoisotopic (exact) mass is 491 g/mol. The lowest BCUT2D eigenvalue weighted by atomic mass is 10.3. The lowest BCUT2D eigenvalue weighted by Crippen LogP contribution is -2.37. The average molecular weight is 492 g/mol.